The Balaban J connectivity index is 1.38. The molecule has 2 bridgehead atoms. The van der Waals surface area contributed by atoms with Crippen molar-refractivity contribution < 1.29 is 9.59 Å². The van der Waals surface area contributed by atoms with E-state index < -0.39 is 0 Å². The number of piperidine rings is 1. The van der Waals surface area contributed by atoms with E-state index in [1.807, 2.05) is 44.2 Å². The number of hydrogen-bond acceptors (Lipinski definition) is 10. The number of carbonyl (C=O) groups excluding carboxylic acids is 2. The summed E-state index contributed by atoms with van der Waals surface area (Å²) < 4.78 is 1.75. The van der Waals surface area contributed by atoms with Crippen LogP contribution in [0.3, 0.4) is 0 Å². The Bertz CT molecular complexity index is 1580. The first-order chi connectivity index (χ1) is 20.3. The monoisotopic (exact) mass is 571 g/mol. The third-order valence-electron chi connectivity index (χ3n) is 8.42. The summed E-state index contributed by atoms with van der Waals surface area (Å²) in [6.07, 6.45) is 7.35. The van der Waals surface area contributed by atoms with Crippen molar-refractivity contribution >= 4 is 34.7 Å². The molecule has 2 atom stereocenters. The number of amidine groups is 1. The van der Waals surface area contributed by atoms with Gasteiger partial charge in [-0.2, -0.15) is 14.7 Å². The second kappa shape index (κ2) is 11.1. The first-order valence-corrected chi connectivity index (χ1v) is 14.4. The van der Waals surface area contributed by atoms with E-state index in [4.69, 9.17) is 4.98 Å². The maximum Gasteiger partial charge on any atom is 0.290 e. The van der Waals surface area contributed by atoms with Crippen molar-refractivity contribution in [2.24, 2.45) is 10.1 Å². The summed E-state index contributed by atoms with van der Waals surface area (Å²) in [7, 11) is 7.08. The van der Waals surface area contributed by atoms with Crippen LogP contribution in [-0.4, -0.2) is 99.5 Å². The minimum Gasteiger partial charge on any atom is -0.369 e. The zero-order valence-electron chi connectivity index (χ0n) is 24.7. The van der Waals surface area contributed by atoms with Crippen LogP contribution in [0.1, 0.15) is 66.7 Å². The Kier molecular flexibility index (Phi) is 7.35. The SMILES string of the molecule is CN=C(NNC)C(=O)N1C2CCC1CC(c1nc3c(-c4ccc(/C(C)=N/N(C)C)nc4)cnn3c3c1C(=O)CCN3)C2. The number of rotatable bonds is 5. The first kappa shape index (κ1) is 27.8. The molecule has 13 nitrogen and oxygen atoms in total. The third-order valence-corrected chi connectivity index (χ3v) is 8.42. The highest BCUT2D eigenvalue weighted by Crippen LogP contribution is 2.45. The number of hydrogen-bond donors (Lipinski definition) is 3. The lowest BCUT2D eigenvalue weighted by Gasteiger charge is -2.39. The van der Waals surface area contributed by atoms with Crippen LogP contribution in [0.5, 0.6) is 0 Å². The Hall–Kier alpha value is -4.39. The first-order valence-electron chi connectivity index (χ1n) is 14.4. The molecule has 42 heavy (non-hydrogen) atoms. The summed E-state index contributed by atoms with van der Waals surface area (Å²) in [5, 5.41) is 14.3. The molecule has 6 heterocycles. The zero-order chi connectivity index (χ0) is 29.5. The number of aliphatic imine (C=N–C) groups is 1. The van der Waals surface area contributed by atoms with Crippen molar-refractivity contribution in [2.45, 2.75) is 57.0 Å². The molecule has 0 aromatic carbocycles. The van der Waals surface area contributed by atoms with Crippen molar-refractivity contribution in [1.82, 2.24) is 40.3 Å². The van der Waals surface area contributed by atoms with Gasteiger partial charge in [-0.15, -0.1) is 0 Å². The Labute approximate surface area is 244 Å². The number of ketones is 1. The number of nitrogens with zero attached hydrogens (tertiary/aromatic N) is 8. The number of aromatic nitrogens is 4. The fourth-order valence-electron chi connectivity index (χ4n) is 6.66. The van der Waals surface area contributed by atoms with Gasteiger partial charge in [0.15, 0.2) is 11.4 Å². The summed E-state index contributed by atoms with van der Waals surface area (Å²) in [4.78, 5) is 42.7. The smallest absolute Gasteiger partial charge is 0.290 e. The average molecular weight is 572 g/mol. The van der Waals surface area contributed by atoms with Crippen LogP contribution in [0.25, 0.3) is 16.8 Å². The minimum absolute atomic E-state index is 0.0431. The van der Waals surface area contributed by atoms with Crippen LogP contribution in [0.4, 0.5) is 5.82 Å². The van der Waals surface area contributed by atoms with Gasteiger partial charge in [-0.05, 0) is 38.7 Å². The highest BCUT2D eigenvalue weighted by Gasteiger charge is 2.46. The van der Waals surface area contributed by atoms with Gasteiger partial charge >= 0.3 is 0 Å². The van der Waals surface area contributed by atoms with Crippen molar-refractivity contribution in [3.63, 3.8) is 0 Å². The fraction of sp³-hybridized carbons (Fsp3) is 0.483. The van der Waals surface area contributed by atoms with Crippen LogP contribution >= 0.6 is 0 Å². The van der Waals surface area contributed by atoms with Crippen molar-refractivity contribution in [2.75, 3.05) is 40.1 Å². The zero-order valence-corrected chi connectivity index (χ0v) is 24.7. The van der Waals surface area contributed by atoms with Crippen LogP contribution in [0, 0.1) is 0 Å². The van der Waals surface area contributed by atoms with E-state index in [0.717, 1.165) is 53.9 Å². The van der Waals surface area contributed by atoms with E-state index in [1.54, 1.807) is 29.8 Å². The van der Waals surface area contributed by atoms with Crippen LogP contribution in [-0.2, 0) is 4.79 Å². The summed E-state index contributed by atoms with van der Waals surface area (Å²) in [6.45, 7) is 2.48. The molecule has 0 saturated carbocycles. The molecule has 2 saturated heterocycles. The number of fused-ring (bicyclic) bond motifs is 5. The molecular weight excluding hydrogens is 534 g/mol. The summed E-state index contributed by atoms with van der Waals surface area (Å²) in [5.41, 5.74) is 11.1. The molecule has 6 rings (SSSR count). The second-order valence-corrected chi connectivity index (χ2v) is 11.3. The number of carbonyl (C=O) groups is 2. The van der Waals surface area contributed by atoms with Gasteiger partial charge in [0.1, 0.15) is 5.82 Å². The number of amides is 1. The Morgan fingerprint density at radius 1 is 1.17 bits per heavy atom. The Morgan fingerprint density at radius 3 is 2.57 bits per heavy atom. The van der Waals surface area contributed by atoms with E-state index >= 15 is 0 Å². The van der Waals surface area contributed by atoms with Gasteiger partial charge in [0.25, 0.3) is 5.91 Å². The number of hydrazine groups is 1. The molecule has 3 aliphatic rings. The van der Waals surface area contributed by atoms with Gasteiger partial charge in [0.05, 0.1) is 28.9 Å². The molecule has 2 fully saturated rings. The number of anilines is 1. The molecule has 220 valence electrons. The number of Topliss-reactive ketones (excluding diaryl/α,β-unsaturated/α-hetero) is 1. The molecule has 3 N–H and O–H groups in total. The molecule has 0 spiro atoms. The van der Waals surface area contributed by atoms with Gasteiger partial charge in [-0.1, -0.05) is 6.07 Å². The van der Waals surface area contributed by atoms with Crippen LogP contribution < -0.4 is 16.2 Å². The summed E-state index contributed by atoms with van der Waals surface area (Å²) in [6, 6.07) is 4.07. The van der Waals surface area contributed by atoms with E-state index in [1.165, 1.54) is 0 Å². The maximum atomic E-state index is 13.4. The summed E-state index contributed by atoms with van der Waals surface area (Å²) >= 11 is 0. The highest BCUT2D eigenvalue weighted by molar-refractivity contribution is 6.37. The van der Waals surface area contributed by atoms with Crippen molar-refractivity contribution in [3.05, 3.63) is 41.5 Å². The lowest BCUT2D eigenvalue weighted by Crippen LogP contribution is -2.53. The average Bonchev–Trinajstić information content (AvgIpc) is 3.52. The van der Waals surface area contributed by atoms with Gasteiger partial charge in [0.2, 0.25) is 5.84 Å². The fourth-order valence-corrected chi connectivity index (χ4v) is 6.66. The predicted octanol–water partition coefficient (Wildman–Crippen LogP) is 2.06. The van der Waals surface area contributed by atoms with Gasteiger partial charge in [0, 0.05) is 76.5 Å². The Morgan fingerprint density at radius 2 is 1.93 bits per heavy atom. The highest BCUT2D eigenvalue weighted by atomic mass is 16.2. The molecule has 0 radical (unpaired) electrons. The molecule has 0 aliphatic carbocycles. The van der Waals surface area contributed by atoms with Gasteiger partial charge < -0.3 is 20.7 Å². The maximum absolute atomic E-state index is 13.4. The normalized spacial score (nSPS) is 22.3. The van der Waals surface area contributed by atoms with Gasteiger partial charge in [-0.25, -0.2) is 10.4 Å². The number of nitrogens with one attached hydrogen (secondary N) is 3. The van der Waals surface area contributed by atoms with Gasteiger partial charge in [-0.3, -0.25) is 19.6 Å². The molecule has 3 aromatic heterocycles. The van der Waals surface area contributed by atoms with E-state index in [9.17, 15) is 9.59 Å². The standard InChI is InChI=1S/C29H37N11O2/c1-16(37-38(4)5)22-9-6-17(14-33-22)21-15-34-40-27(21)35-25(24-23(41)10-11-32-28(24)40)18-12-19-7-8-20(13-18)39(19)29(42)26(30-2)36-31-3/h6,9,14-15,18-20,31-32H,7-8,10-13H2,1-5H3,(H,30,36)/b37-16+. The molecule has 3 aromatic rings. The lowest BCUT2D eigenvalue weighted by atomic mass is 9.84. The van der Waals surface area contributed by atoms with Crippen molar-refractivity contribution in [1.29, 1.82) is 0 Å². The quantitative estimate of drug-likeness (QED) is 0.238. The largest absolute Gasteiger partial charge is 0.369 e. The van der Waals surface area contributed by atoms with Crippen LogP contribution in [0.15, 0.2) is 34.6 Å². The molecule has 3 aliphatic heterocycles. The number of pyridine rings is 1. The van der Waals surface area contributed by atoms with Crippen molar-refractivity contribution in [3.8, 4) is 11.1 Å². The molecular formula is C29H37N11O2. The molecule has 13 heteroatoms. The second-order valence-electron chi connectivity index (χ2n) is 11.3. The lowest BCUT2D eigenvalue weighted by molar-refractivity contribution is -0.128. The van der Waals surface area contributed by atoms with Crippen LogP contribution in [0.2, 0.25) is 0 Å². The van der Waals surface area contributed by atoms with E-state index in [2.05, 4.69) is 36.3 Å². The van der Waals surface area contributed by atoms with E-state index in [-0.39, 0.29) is 29.7 Å². The number of hydrazone groups is 1. The molecule has 2 unspecified atom stereocenters. The third kappa shape index (κ3) is 4.77. The summed E-state index contributed by atoms with van der Waals surface area (Å²) in [5.74, 6) is 1.02. The molecule has 1 amide bonds. The minimum atomic E-state index is -0.0964. The predicted molar refractivity (Wildman–Crippen MR) is 161 cm³/mol. The van der Waals surface area contributed by atoms with E-state index in [0.29, 0.717) is 35.8 Å². The topological polar surface area (TPSA) is 145 Å².